The Morgan fingerprint density at radius 2 is 2.43 bits per heavy atom. The monoisotopic (exact) mass is 344 g/mol. The normalized spacial score (nSPS) is 18.0. The van der Waals surface area contributed by atoms with E-state index in [1.165, 1.54) is 0 Å². The predicted octanol–water partition coefficient (Wildman–Crippen LogP) is 3.16. The molecular formula is C16H13BrN2O2. The first-order valence-electron chi connectivity index (χ1n) is 6.52. The number of halogens is 1. The van der Waals surface area contributed by atoms with Crippen molar-refractivity contribution in [3.63, 3.8) is 0 Å². The summed E-state index contributed by atoms with van der Waals surface area (Å²) < 4.78 is 8.32. The van der Waals surface area contributed by atoms with Crippen LogP contribution in [-0.2, 0) is 0 Å². The number of aromatic nitrogens is 2. The van der Waals surface area contributed by atoms with Gasteiger partial charge in [-0.15, -0.1) is 6.42 Å². The summed E-state index contributed by atoms with van der Waals surface area (Å²) in [6.45, 7) is 2.24. The van der Waals surface area contributed by atoms with Crippen LogP contribution in [0.1, 0.15) is 13.0 Å². The summed E-state index contributed by atoms with van der Waals surface area (Å²) in [6.07, 6.45) is 11.2. The number of imidazole rings is 1. The van der Waals surface area contributed by atoms with Crippen LogP contribution in [0.5, 0.6) is 5.75 Å². The third kappa shape index (κ3) is 2.12. The maximum Gasteiger partial charge on any atom is 0.327 e. The molecule has 0 saturated carbocycles. The highest BCUT2D eigenvalue weighted by Crippen LogP contribution is 2.38. The molecule has 1 unspecified atom stereocenters. The van der Waals surface area contributed by atoms with Gasteiger partial charge in [-0.3, -0.25) is 4.57 Å². The van der Waals surface area contributed by atoms with Gasteiger partial charge in [0, 0.05) is 5.57 Å². The quantitative estimate of drug-likeness (QED) is 0.671. The Morgan fingerprint density at radius 1 is 1.62 bits per heavy atom. The minimum Gasteiger partial charge on any atom is -0.488 e. The number of aromatic amines is 1. The van der Waals surface area contributed by atoms with Gasteiger partial charge >= 0.3 is 5.69 Å². The smallest absolute Gasteiger partial charge is 0.327 e. The summed E-state index contributed by atoms with van der Waals surface area (Å²) in [5, 5.41) is 0. The number of ether oxygens (including phenoxy) is 1. The lowest BCUT2D eigenvalue weighted by atomic mass is 10.1. The van der Waals surface area contributed by atoms with Crippen molar-refractivity contribution in [3.8, 4) is 18.1 Å². The van der Waals surface area contributed by atoms with E-state index in [-0.39, 0.29) is 11.7 Å². The summed E-state index contributed by atoms with van der Waals surface area (Å²) >= 11 is 3.45. The van der Waals surface area contributed by atoms with Gasteiger partial charge in [0.1, 0.15) is 18.2 Å². The Morgan fingerprint density at radius 3 is 3.14 bits per heavy atom. The maximum absolute atomic E-state index is 12.3. The summed E-state index contributed by atoms with van der Waals surface area (Å²) in [4.78, 5) is 15.1. The van der Waals surface area contributed by atoms with E-state index in [2.05, 4.69) is 26.8 Å². The van der Waals surface area contributed by atoms with Gasteiger partial charge in [0.05, 0.1) is 9.99 Å². The lowest BCUT2D eigenvalue weighted by Gasteiger charge is -2.25. The van der Waals surface area contributed by atoms with Gasteiger partial charge in [-0.1, -0.05) is 18.1 Å². The molecule has 21 heavy (non-hydrogen) atoms. The molecular weight excluding hydrogens is 332 g/mol. The van der Waals surface area contributed by atoms with E-state index in [1.807, 2.05) is 37.3 Å². The number of terminal acetylenes is 1. The molecule has 0 saturated heterocycles. The molecule has 2 aromatic rings. The van der Waals surface area contributed by atoms with Crippen LogP contribution in [0, 0.1) is 12.3 Å². The fourth-order valence-corrected chi connectivity index (χ4v) is 2.95. The predicted molar refractivity (Wildman–Crippen MR) is 86.5 cm³/mol. The molecule has 1 aromatic heterocycles. The Balaban J connectivity index is 2.27. The molecule has 0 spiro atoms. The second kappa shape index (κ2) is 5.30. The Labute approximate surface area is 130 Å². The van der Waals surface area contributed by atoms with Crippen LogP contribution in [0.3, 0.4) is 0 Å². The molecule has 1 N–H and O–H groups in total. The lowest BCUT2D eigenvalue weighted by molar-refractivity contribution is 0.255. The highest BCUT2D eigenvalue weighted by molar-refractivity contribution is 9.10. The number of allylic oxidation sites excluding steroid dienone is 3. The molecule has 4 nitrogen and oxygen atoms in total. The zero-order chi connectivity index (χ0) is 15.0. The molecule has 1 aromatic carbocycles. The Hall–Kier alpha value is -2.19. The molecule has 106 valence electrons. The van der Waals surface area contributed by atoms with Crippen molar-refractivity contribution in [2.45, 2.75) is 13.0 Å². The first-order valence-corrected chi connectivity index (χ1v) is 7.31. The molecule has 2 heterocycles. The van der Waals surface area contributed by atoms with Gasteiger partial charge in [0.2, 0.25) is 0 Å². The Kier molecular flexibility index (Phi) is 3.48. The molecule has 0 aliphatic carbocycles. The van der Waals surface area contributed by atoms with Crippen molar-refractivity contribution in [3.05, 3.63) is 50.9 Å². The molecule has 1 atom stereocenters. The van der Waals surface area contributed by atoms with Crippen LogP contribution in [0.4, 0.5) is 0 Å². The first-order chi connectivity index (χ1) is 10.2. The molecule has 3 rings (SSSR count). The van der Waals surface area contributed by atoms with Crippen LogP contribution < -0.4 is 10.4 Å². The van der Waals surface area contributed by atoms with Crippen molar-refractivity contribution < 1.29 is 4.74 Å². The third-order valence-electron chi connectivity index (χ3n) is 3.48. The number of H-pyrrole nitrogens is 1. The van der Waals surface area contributed by atoms with Crippen molar-refractivity contribution in [1.29, 1.82) is 0 Å². The zero-order valence-electron chi connectivity index (χ0n) is 11.4. The number of hydrogen-bond donors (Lipinski definition) is 1. The van der Waals surface area contributed by atoms with Crippen molar-refractivity contribution in [1.82, 2.24) is 9.55 Å². The molecule has 0 amide bonds. The topological polar surface area (TPSA) is 47.0 Å². The Bertz CT molecular complexity index is 865. The molecule has 0 fully saturated rings. The molecule has 0 radical (unpaired) electrons. The summed E-state index contributed by atoms with van der Waals surface area (Å²) in [5.74, 6) is 3.33. The summed E-state index contributed by atoms with van der Waals surface area (Å²) in [5.41, 5.74) is 2.01. The van der Waals surface area contributed by atoms with Crippen LogP contribution >= 0.6 is 15.9 Å². The van der Waals surface area contributed by atoms with Gasteiger partial charge in [-0.2, -0.15) is 0 Å². The third-order valence-corrected chi connectivity index (χ3v) is 4.10. The van der Waals surface area contributed by atoms with Gasteiger partial charge in [-0.05, 0) is 41.1 Å². The summed E-state index contributed by atoms with van der Waals surface area (Å²) in [6, 6.07) is 3.41. The molecule has 1 aliphatic heterocycles. The van der Waals surface area contributed by atoms with Gasteiger partial charge in [0.25, 0.3) is 0 Å². The van der Waals surface area contributed by atoms with E-state index in [0.29, 0.717) is 17.9 Å². The molecule has 1 aliphatic rings. The lowest BCUT2D eigenvalue weighted by Crippen LogP contribution is -2.30. The SMILES string of the molecule is C#CC(=CC=CC)C1COc2c(Br)ccc3[nH]c(=O)n1c23. The van der Waals surface area contributed by atoms with Crippen LogP contribution in [0.2, 0.25) is 0 Å². The molecule has 5 heteroatoms. The van der Waals surface area contributed by atoms with E-state index in [1.54, 1.807) is 4.57 Å². The van der Waals surface area contributed by atoms with E-state index in [4.69, 9.17) is 11.2 Å². The van der Waals surface area contributed by atoms with E-state index in [0.717, 1.165) is 15.5 Å². The van der Waals surface area contributed by atoms with E-state index in [9.17, 15) is 4.79 Å². The zero-order valence-corrected chi connectivity index (χ0v) is 13.0. The number of nitrogens with zero attached hydrogens (tertiary/aromatic N) is 1. The van der Waals surface area contributed by atoms with E-state index < -0.39 is 0 Å². The second-order valence-corrected chi connectivity index (χ2v) is 5.55. The van der Waals surface area contributed by atoms with Crippen LogP contribution in [0.15, 0.2) is 45.2 Å². The van der Waals surface area contributed by atoms with Gasteiger partial charge < -0.3 is 9.72 Å². The number of hydrogen-bond acceptors (Lipinski definition) is 2. The minimum absolute atomic E-state index is 0.181. The van der Waals surface area contributed by atoms with E-state index >= 15 is 0 Å². The number of nitrogens with one attached hydrogen (secondary N) is 1. The highest BCUT2D eigenvalue weighted by atomic mass is 79.9. The number of benzene rings is 1. The van der Waals surface area contributed by atoms with Crippen LogP contribution in [0.25, 0.3) is 11.0 Å². The first kappa shape index (κ1) is 13.8. The van der Waals surface area contributed by atoms with Crippen LogP contribution in [-0.4, -0.2) is 16.2 Å². The summed E-state index contributed by atoms with van der Waals surface area (Å²) in [7, 11) is 0. The number of rotatable bonds is 2. The maximum atomic E-state index is 12.3. The van der Waals surface area contributed by atoms with Crippen molar-refractivity contribution in [2.24, 2.45) is 0 Å². The fourth-order valence-electron chi connectivity index (χ4n) is 2.52. The fraction of sp³-hybridized carbons (Fsp3) is 0.188. The largest absolute Gasteiger partial charge is 0.488 e. The minimum atomic E-state index is -0.297. The van der Waals surface area contributed by atoms with Crippen molar-refractivity contribution >= 4 is 27.0 Å². The standard InChI is InChI=1S/C16H13BrN2O2/c1-3-5-6-10(4-2)13-9-21-15-11(17)7-8-12-14(15)19(13)16(20)18-12/h2-3,5-8,13H,9H2,1H3,(H,18,20). The average Bonchev–Trinajstić information content (AvgIpc) is 2.83. The van der Waals surface area contributed by atoms with Crippen molar-refractivity contribution in [2.75, 3.05) is 6.61 Å². The van der Waals surface area contributed by atoms with Gasteiger partial charge in [0.15, 0.2) is 5.75 Å². The average molecular weight is 345 g/mol. The highest BCUT2D eigenvalue weighted by Gasteiger charge is 2.28. The molecule has 0 bridgehead atoms. The van der Waals surface area contributed by atoms with Gasteiger partial charge in [-0.25, -0.2) is 4.79 Å². The second-order valence-electron chi connectivity index (χ2n) is 4.69.